The third kappa shape index (κ3) is 3.71. The average Bonchev–Trinajstić information content (AvgIpc) is 2.89. The molecule has 3 rings (SSSR count). The van der Waals surface area contributed by atoms with Crippen LogP contribution < -0.4 is 4.90 Å². The van der Waals surface area contributed by atoms with Crippen LogP contribution >= 0.6 is 23.2 Å². The second kappa shape index (κ2) is 8.21. The molecule has 0 aromatic heterocycles. The molecule has 6 heteroatoms. The number of hydrogen-bond acceptors (Lipinski definition) is 3. The van der Waals surface area contributed by atoms with Crippen LogP contribution in [0.4, 0.5) is 5.69 Å². The molecule has 28 heavy (non-hydrogen) atoms. The molecule has 0 atom stereocenters. The lowest BCUT2D eigenvalue weighted by molar-refractivity contribution is -0.138. The summed E-state index contributed by atoms with van der Waals surface area (Å²) in [6.07, 6.45) is 1.55. The predicted octanol–water partition coefficient (Wildman–Crippen LogP) is 5.57. The van der Waals surface area contributed by atoms with Crippen molar-refractivity contribution in [3.63, 3.8) is 0 Å². The fraction of sp³-hybridized carbons (Fsp3) is 0.182. The maximum absolute atomic E-state index is 13.3. The minimum absolute atomic E-state index is 0.200. The van der Waals surface area contributed by atoms with E-state index in [0.717, 1.165) is 5.56 Å². The summed E-state index contributed by atoms with van der Waals surface area (Å²) in [6.45, 7) is 5.61. The third-order valence-electron chi connectivity index (χ3n) is 4.46. The fourth-order valence-corrected chi connectivity index (χ4v) is 3.59. The number of anilines is 1. The van der Waals surface area contributed by atoms with E-state index in [-0.39, 0.29) is 23.7 Å². The van der Waals surface area contributed by atoms with E-state index < -0.39 is 5.97 Å². The molecule has 0 unspecified atom stereocenters. The van der Waals surface area contributed by atoms with E-state index in [4.69, 9.17) is 27.9 Å². The molecule has 2 aromatic carbocycles. The number of halogens is 2. The van der Waals surface area contributed by atoms with Crippen LogP contribution in [0.2, 0.25) is 10.0 Å². The predicted molar refractivity (Wildman–Crippen MR) is 112 cm³/mol. The molecular formula is C22H19Cl2NO3. The van der Waals surface area contributed by atoms with E-state index in [1.165, 1.54) is 4.90 Å². The summed E-state index contributed by atoms with van der Waals surface area (Å²) in [6, 6.07) is 12.6. The molecule has 1 aliphatic heterocycles. The maximum Gasteiger partial charge on any atom is 0.340 e. The standard InChI is InChI=1S/C22H19Cl2NO3/c1-4-28-22(27)20-14(3)25(15-10-8-13(2)9-11-15)21(26)17(20)12-16-18(23)6-5-7-19(16)24/h5-12H,4H2,1-3H3/b17-12-. The van der Waals surface area contributed by atoms with Crippen molar-refractivity contribution in [2.24, 2.45) is 0 Å². The number of ether oxygens (including phenoxy) is 1. The van der Waals surface area contributed by atoms with E-state index >= 15 is 0 Å². The minimum Gasteiger partial charge on any atom is -0.462 e. The van der Waals surface area contributed by atoms with E-state index in [9.17, 15) is 9.59 Å². The first-order chi connectivity index (χ1) is 13.3. The van der Waals surface area contributed by atoms with E-state index in [2.05, 4.69) is 0 Å². The summed E-state index contributed by atoms with van der Waals surface area (Å²) in [5.74, 6) is -0.891. The summed E-state index contributed by atoms with van der Waals surface area (Å²) in [4.78, 5) is 27.4. The van der Waals surface area contributed by atoms with Crippen molar-refractivity contribution in [2.75, 3.05) is 11.5 Å². The fourth-order valence-electron chi connectivity index (χ4n) is 3.08. The smallest absolute Gasteiger partial charge is 0.340 e. The lowest BCUT2D eigenvalue weighted by atomic mass is 10.0. The van der Waals surface area contributed by atoms with Crippen LogP contribution in [-0.4, -0.2) is 18.5 Å². The SMILES string of the molecule is CCOC(=O)C1=C(C)N(c2ccc(C)cc2)C(=O)/C1=C\c1c(Cl)cccc1Cl. The number of rotatable bonds is 4. The molecule has 0 radical (unpaired) electrons. The van der Waals surface area contributed by atoms with Crippen molar-refractivity contribution in [1.29, 1.82) is 0 Å². The first-order valence-electron chi connectivity index (χ1n) is 8.80. The van der Waals surface area contributed by atoms with Crippen LogP contribution in [0.15, 0.2) is 59.3 Å². The van der Waals surface area contributed by atoms with Gasteiger partial charge in [0, 0.05) is 27.0 Å². The van der Waals surface area contributed by atoms with Gasteiger partial charge in [0.15, 0.2) is 0 Å². The van der Waals surface area contributed by atoms with Gasteiger partial charge in [-0.15, -0.1) is 0 Å². The van der Waals surface area contributed by atoms with Crippen LogP contribution in [0.3, 0.4) is 0 Å². The van der Waals surface area contributed by atoms with Gasteiger partial charge in [-0.05, 0) is 51.1 Å². The number of carbonyl (C=O) groups is 2. The average molecular weight is 416 g/mol. The Morgan fingerprint density at radius 1 is 1.07 bits per heavy atom. The Kier molecular flexibility index (Phi) is 5.92. The highest BCUT2D eigenvalue weighted by molar-refractivity contribution is 6.37. The molecular weight excluding hydrogens is 397 g/mol. The molecule has 4 nitrogen and oxygen atoms in total. The zero-order valence-electron chi connectivity index (χ0n) is 15.8. The van der Waals surface area contributed by atoms with Gasteiger partial charge in [-0.1, -0.05) is 47.0 Å². The molecule has 0 saturated heterocycles. The summed E-state index contributed by atoms with van der Waals surface area (Å²) in [7, 11) is 0. The second-order valence-corrected chi connectivity index (χ2v) is 7.16. The van der Waals surface area contributed by atoms with Crippen molar-refractivity contribution in [1.82, 2.24) is 0 Å². The van der Waals surface area contributed by atoms with Crippen molar-refractivity contribution >= 4 is 46.8 Å². The van der Waals surface area contributed by atoms with Crippen LogP contribution in [0, 0.1) is 6.92 Å². The molecule has 1 heterocycles. The normalized spacial score (nSPS) is 15.5. The number of hydrogen-bond donors (Lipinski definition) is 0. The first-order valence-corrected chi connectivity index (χ1v) is 9.56. The van der Waals surface area contributed by atoms with Gasteiger partial charge in [-0.2, -0.15) is 0 Å². The Morgan fingerprint density at radius 2 is 1.68 bits per heavy atom. The Morgan fingerprint density at radius 3 is 2.25 bits per heavy atom. The largest absolute Gasteiger partial charge is 0.462 e. The summed E-state index contributed by atoms with van der Waals surface area (Å²) >= 11 is 12.5. The van der Waals surface area contributed by atoms with Crippen LogP contribution in [0.25, 0.3) is 6.08 Å². The van der Waals surface area contributed by atoms with Gasteiger partial charge in [0.05, 0.1) is 17.8 Å². The van der Waals surface area contributed by atoms with Gasteiger partial charge in [-0.3, -0.25) is 9.69 Å². The Balaban J connectivity index is 2.18. The number of benzene rings is 2. The molecule has 2 aromatic rings. The number of amides is 1. The summed E-state index contributed by atoms with van der Waals surface area (Å²) in [5, 5.41) is 0.782. The number of allylic oxidation sites excluding steroid dienone is 1. The summed E-state index contributed by atoms with van der Waals surface area (Å²) < 4.78 is 5.19. The lowest BCUT2D eigenvalue weighted by Gasteiger charge is -2.18. The van der Waals surface area contributed by atoms with Crippen molar-refractivity contribution < 1.29 is 14.3 Å². The van der Waals surface area contributed by atoms with Crippen molar-refractivity contribution in [2.45, 2.75) is 20.8 Å². The molecule has 144 valence electrons. The topological polar surface area (TPSA) is 46.6 Å². The zero-order valence-corrected chi connectivity index (χ0v) is 17.3. The Hall–Kier alpha value is -2.56. The minimum atomic E-state index is -0.558. The molecule has 0 spiro atoms. The van der Waals surface area contributed by atoms with Crippen LogP contribution in [0.1, 0.15) is 25.0 Å². The lowest BCUT2D eigenvalue weighted by Crippen LogP contribution is -2.24. The number of esters is 1. The van der Waals surface area contributed by atoms with Crippen LogP contribution in [-0.2, 0) is 14.3 Å². The second-order valence-electron chi connectivity index (χ2n) is 6.35. The van der Waals surface area contributed by atoms with Gasteiger partial charge in [0.1, 0.15) is 0 Å². The van der Waals surface area contributed by atoms with Gasteiger partial charge < -0.3 is 4.74 Å². The molecule has 0 saturated carbocycles. The highest BCUT2D eigenvalue weighted by atomic mass is 35.5. The van der Waals surface area contributed by atoms with Crippen molar-refractivity contribution in [3.8, 4) is 0 Å². The molecule has 0 aliphatic carbocycles. The van der Waals surface area contributed by atoms with Gasteiger partial charge in [0.25, 0.3) is 5.91 Å². The molecule has 1 aliphatic rings. The molecule has 0 fully saturated rings. The van der Waals surface area contributed by atoms with Crippen LogP contribution in [0.5, 0.6) is 0 Å². The number of nitrogens with zero attached hydrogens (tertiary/aromatic N) is 1. The van der Waals surface area contributed by atoms with Crippen molar-refractivity contribution in [3.05, 3.63) is 80.5 Å². The molecule has 1 amide bonds. The Labute approximate surface area is 174 Å². The van der Waals surface area contributed by atoms with Gasteiger partial charge in [0.2, 0.25) is 0 Å². The van der Waals surface area contributed by atoms with Gasteiger partial charge >= 0.3 is 5.97 Å². The van der Waals surface area contributed by atoms with E-state index in [0.29, 0.717) is 27.0 Å². The first kappa shape index (κ1) is 20.2. The summed E-state index contributed by atoms with van der Waals surface area (Å²) in [5.41, 5.74) is 3.14. The maximum atomic E-state index is 13.3. The zero-order chi connectivity index (χ0) is 20.4. The molecule has 0 bridgehead atoms. The quantitative estimate of drug-likeness (QED) is 0.484. The number of aryl methyl sites for hydroxylation is 1. The van der Waals surface area contributed by atoms with Gasteiger partial charge in [-0.25, -0.2) is 4.79 Å². The number of carbonyl (C=O) groups excluding carboxylic acids is 2. The third-order valence-corrected chi connectivity index (χ3v) is 5.12. The van der Waals surface area contributed by atoms with E-state index in [1.54, 1.807) is 38.1 Å². The molecule has 0 N–H and O–H groups in total. The highest BCUT2D eigenvalue weighted by Crippen LogP contribution is 2.37. The highest BCUT2D eigenvalue weighted by Gasteiger charge is 2.38. The van der Waals surface area contributed by atoms with E-state index in [1.807, 2.05) is 31.2 Å². The Bertz CT molecular complexity index is 987. The monoisotopic (exact) mass is 415 g/mol.